The lowest BCUT2D eigenvalue weighted by Gasteiger charge is -2.26. The maximum Gasteiger partial charge on any atom is 0.337 e. The van der Waals surface area contributed by atoms with E-state index in [1.54, 1.807) is 24.4 Å². The third kappa shape index (κ3) is 4.55. The van der Waals surface area contributed by atoms with Gasteiger partial charge in [-0.25, -0.2) is 4.79 Å². The Morgan fingerprint density at radius 1 is 1.08 bits per heavy atom. The number of pyridine rings is 1. The van der Waals surface area contributed by atoms with E-state index in [2.05, 4.69) is 10.3 Å². The Labute approximate surface area is 214 Å². The molecular formula is C28H25N3O4S. The number of carbonyl (C=O) groups excluding carboxylic acids is 1. The van der Waals surface area contributed by atoms with Crippen molar-refractivity contribution in [3.05, 3.63) is 102 Å². The molecule has 0 radical (unpaired) electrons. The summed E-state index contributed by atoms with van der Waals surface area (Å²) in [5.41, 5.74) is 2.99. The van der Waals surface area contributed by atoms with Gasteiger partial charge in [0.25, 0.3) is 0 Å². The number of hydrogen-bond acceptors (Lipinski definition) is 6. The van der Waals surface area contributed by atoms with Crippen LogP contribution in [0.1, 0.15) is 40.8 Å². The molecular weight excluding hydrogens is 474 g/mol. The van der Waals surface area contributed by atoms with Gasteiger partial charge in [-0.3, -0.25) is 4.98 Å². The molecule has 36 heavy (non-hydrogen) atoms. The van der Waals surface area contributed by atoms with Crippen LogP contribution in [0.4, 0.5) is 5.69 Å². The summed E-state index contributed by atoms with van der Waals surface area (Å²) in [5, 5.41) is 4.00. The van der Waals surface area contributed by atoms with Crippen LogP contribution in [-0.4, -0.2) is 29.8 Å². The molecule has 182 valence electrons. The lowest BCUT2D eigenvalue weighted by atomic mass is 10.0. The van der Waals surface area contributed by atoms with E-state index in [1.165, 1.54) is 7.11 Å². The Morgan fingerprint density at radius 3 is 2.64 bits per heavy atom. The number of furan rings is 1. The van der Waals surface area contributed by atoms with Gasteiger partial charge in [0.15, 0.2) is 5.11 Å². The largest absolute Gasteiger partial charge is 0.494 e. The standard InChI is InChI=1S/C28H25N3O4S/c1-3-34-21-12-10-20(11-13-21)31-26(25(30-28(31)36)22-9-4-5-16-29-22)24-15-14-23(35-24)18-7-6-8-19(17-18)27(32)33-2/h4-17,25-26H,3H2,1-2H3,(H,30,36)/t25-,26+/m0/s1. The van der Waals surface area contributed by atoms with Gasteiger partial charge in [0, 0.05) is 17.4 Å². The van der Waals surface area contributed by atoms with Crippen LogP contribution < -0.4 is 15.0 Å². The monoisotopic (exact) mass is 499 g/mol. The van der Waals surface area contributed by atoms with Crippen LogP contribution >= 0.6 is 12.2 Å². The average molecular weight is 500 g/mol. The van der Waals surface area contributed by atoms with Crippen LogP contribution in [-0.2, 0) is 4.74 Å². The van der Waals surface area contributed by atoms with Gasteiger partial charge in [0.2, 0.25) is 0 Å². The number of carbonyl (C=O) groups is 1. The molecule has 8 heteroatoms. The van der Waals surface area contributed by atoms with Crippen LogP contribution in [0.5, 0.6) is 5.75 Å². The van der Waals surface area contributed by atoms with Gasteiger partial charge in [0.1, 0.15) is 23.3 Å². The topological polar surface area (TPSA) is 76.8 Å². The van der Waals surface area contributed by atoms with Crippen LogP contribution in [0.3, 0.4) is 0 Å². The van der Waals surface area contributed by atoms with Crippen molar-refractivity contribution in [3.63, 3.8) is 0 Å². The second-order valence-electron chi connectivity index (χ2n) is 8.20. The third-order valence-electron chi connectivity index (χ3n) is 6.01. The molecule has 0 saturated carbocycles. The second kappa shape index (κ2) is 10.2. The predicted molar refractivity (Wildman–Crippen MR) is 141 cm³/mol. The van der Waals surface area contributed by atoms with Crippen molar-refractivity contribution in [1.29, 1.82) is 0 Å². The number of aromatic nitrogens is 1. The normalized spacial score (nSPS) is 17.1. The first-order valence-corrected chi connectivity index (χ1v) is 12.0. The summed E-state index contributed by atoms with van der Waals surface area (Å²) in [6.45, 7) is 2.55. The summed E-state index contributed by atoms with van der Waals surface area (Å²) in [5.74, 6) is 1.75. The van der Waals surface area contributed by atoms with E-state index in [4.69, 9.17) is 26.1 Å². The van der Waals surface area contributed by atoms with Gasteiger partial charge in [-0.05, 0) is 79.8 Å². The molecule has 2 atom stereocenters. The molecule has 5 rings (SSSR count). The number of nitrogens with zero attached hydrogens (tertiary/aromatic N) is 2. The summed E-state index contributed by atoms with van der Waals surface area (Å²) in [6, 6.07) is 24.1. The molecule has 4 aromatic rings. The first kappa shape index (κ1) is 23.6. The predicted octanol–water partition coefficient (Wildman–Crippen LogP) is 5.70. The smallest absolute Gasteiger partial charge is 0.337 e. The molecule has 2 aromatic heterocycles. The zero-order valence-electron chi connectivity index (χ0n) is 19.9. The highest BCUT2D eigenvalue weighted by atomic mass is 32.1. The maximum absolute atomic E-state index is 12.0. The summed E-state index contributed by atoms with van der Waals surface area (Å²) in [4.78, 5) is 18.6. The number of nitrogens with one attached hydrogen (secondary N) is 1. The van der Waals surface area contributed by atoms with Crippen LogP contribution in [0.25, 0.3) is 11.3 Å². The SMILES string of the molecule is CCOc1ccc(N2C(=S)N[C@@H](c3ccccn3)[C@H]2c2ccc(-c3cccc(C(=O)OC)c3)o2)cc1. The summed E-state index contributed by atoms with van der Waals surface area (Å²) < 4.78 is 16.9. The maximum atomic E-state index is 12.0. The number of anilines is 1. The van der Waals surface area contributed by atoms with E-state index in [0.717, 1.165) is 22.7 Å². The Morgan fingerprint density at radius 2 is 1.92 bits per heavy atom. The first-order chi connectivity index (χ1) is 17.6. The minimum atomic E-state index is -0.397. The Hall–Kier alpha value is -4.17. The molecule has 3 heterocycles. The van der Waals surface area contributed by atoms with E-state index < -0.39 is 5.97 Å². The number of methoxy groups -OCH3 is 1. The molecule has 0 aliphatic carbocycles. The highest BCUT2D eigenvalue weighted by molar-refractivity contribution is 7.80. The van der Waals surface area contributed by atoms with E-state index in [9.17, 15) is 4.79 Å². The molecule has 1 N–H and O–H groups in total. The Balaban J connectivity index is 1.55. The van der Waals surface area contributed by atoms with E-state index in [-0.39, 0.29) is 12.1 Å². The minimum absolute atomic E-state index is 0.231. The summed E-state index contributed by atoms with van der Waals surface area (Å²) in [7, 11) is 1.36. The zero-order valence-corrected chi connectivity index (χ0v) is 20.7. The molecule has 0 bridgehead atoms. The minimum Gasteiger partial charge on any atom is -0.494 e. The van der Waals surface area contributed by atoms with Gasteiger partial charge >= 0.3 is 5.97 Å². The van der Waals surface area contributed by atoms with Crippen molar-refractivity contribution in [3.8, 4) is 17.1 Å². The van der Waals surface area contributed by atoms with Gasteiger partial charge in [-0.2, -0.15) is 0 Å². The fourth-order valence-electron chi connectivity index (χ4n) is 4.38. The van der Waals surface area contributed by atoms with Gasteiger partial charge in [0.05, 0.1) is 31.0 Å². The molecule has 1 saturated heterocycles. The number of hydrogen-bond donors (Lipinski definition) is 1. The highest BCUT2D eigenvalue weighted by Gasteiger charge is 2.42. The molecule has 0 spiro atoms. The van der Waals surface area contributed by atoms with Gasteiger partial charge in [-0.1, -0.05) is 18.2 Å². The van der Waals surface area contributed by atoms with Crippen LogP contribution in [0.2, 0.25) is 0 Å². The lowest BCUT2D eigenvalue weighted by Crippen LogP contribution is -2.29. The molecule has 1 fully saturated rings. The van der Waals surface area contributed by atoms with Crippen molar-refractivity contribution < 1.29 is 18.7 Å². The molecule has 7 nitrogen and oxygen atoms in total. The number of thiocarbonyl (C=S) groups is 1. The third-order valence-corrected chi connectivity index (χ3v) is 6.33. The van der Waals surface area contributed by atoms with E-state index >= 15 is 0 Å². The van der Waals surface area contributed by atoms with E-state index in [0.29, 0.717) is 28.8 Å². The van der Waals surface area contributed by atoms with Crippen molar-refractivity contribution >= 4 is 29.0 Å². The quantitative estimate of drug-likeness (QED) is 0.256. The van der Waals surface area contributed by atoms with Gasteiger partial charge < -0.3 is 24.1 Å². The Kier molecular flexibility index (Phi) is 6.69. The summed E-state index contributed by atoms with van der Waals surface area (Å²) in [6.07, 6.45) is 1.77. The molecule has 0 amide bonds. The van der Waals surface area contributed by atoms with Crippen molar-refractivity contribution in [2.24, 2.45) is 0 Å². The fraction of sp³-hybridized carbons (Fsp3) is 0.179. The first-order valence-electron chi connectivity index (χ1n) is 11.6. The number of esters is 1. The van der Waals surface area contributed by atoms with Crippen LogP contribution in [0, 0.1) is 0 Å². The number of benzene rings is 2. The molecule has 1 aliphatic heterocycles. The van der Waals surface area contributed by atoms with Crippen molar-refractivity contribution in [1.82, 2.24) is 10.3 Å². The lowest BCUT2D eigenvalue weighted by molar-refractivity contribution is 0.0601. The Bertz CT molecular complexity index is 1370. The van der Waals surface area contributed by atoms with Crippen LogP contribution in [0.15, 0.2) is 89.5 Å². The van der Waals surface area contributed by atoms with Crippen molar-refractivity contribution in [2.45, 2.75) is 19.0 Å². The number of rotatable bonds is 7. The summed E-state index contributed by atoms with van der Waals surface area (Å²) >= 11 is 5.78. The zero-order chi connectivity index (χ0) is 25.1. The second-order valence-corrected chi connectivity index (χ2v) is 8.58. The van der Waals surface area contributed by atoms with Crippen molar-refractivity contribution in [2.75, 3.05) is 18.6 Å². The molecule has 0 unspecified atom stereocenters. The van der Waals surface area contributed by atoms with E-state index in [1.807, 2.05) is 72.5 Å². The highest BCUT2D eigenvalue weighted by Crippen LogP contribution is 2.43. The molecule has 2 aromatic carbocycles. The van der Waals surface area contributed by atoms with Gasteiger partial charge in [-0.15, -0.1) is 0 Å². The fourth-order valence-corrected chi connectivity index (χ4v) is 4.72. The molecule has 1 aliphatic rings. The average Bonchev–Trinajstić information content (AvgIpc) is 3.54. The number of ether oxygens (including phenoxy) is 2.